The molecule has 0 aliphatic carbocycles. The van der Waals surface area contributed by atoms with Crippen LogP contribution in [0.3, 0.4) is 0 Å². The molecule has 194 valence electrons. The van der Waals surface area contributed by atoms with Gasteiger partial charge in [0.2, 0.25) is 5.91 Å². The third-order valence-corrected chi connectivity index (χ3v) is 6.34. The molecule has 1 saturated heterocycles. The number of nitrogens with one attached hydrogen (secondary N) is 3. The Morgan fingerprint density at radius 3 is 2.62 bits per heavy atom. The first kappa shape index (κ1) is 25.8. The van der Waals surface area contributed by atoms with Gasteiger partial charge in [0.25, 0.3) is 5.91 Å². The lowest BCUT2D eigenvalue weighted by atomic mass is 9.90. The highest BCUT2D eigenvalue weighted by Gasteiger charge is 2.49. The van der Waals surface area contributed by atoms with Gasteiger partial charge in [0, 0.05) is 34.8 Å². The number of methoxy groups -OCH3 is 1. The van der Waals surface area contributed by atoms with Crippen molar-refractivity contribution in [3.8, 4) is 0 Å². The van der Waals surface area contributed by atoms with Gasteiger partial charge in [-0.25, -0.2) is 9.59 Å². The van der Waals surface area contributed by atoms with Crippen molar-refractivity contribution < 1.29 is 38.6 Å². The number of hydrogen-bond donors (Lipinski definition) is 4. The zero-order valence-electron chi connectivity index (χ0n) is 19.6. The molecule has 0 bridgehead atoms. The molecule has 0 saturated carbocycles. The summed E-state index contributed by atoms with van der Waals surface area (Å²) in [5, 5.41) is 17.3. The topological polar surface area (TPSA) is 163 Å². The number of benzene rings is 2. The SMILES string of the molecule is COC(=O)Nc1ccc(C(=O)N[C@@H](CC(=O)O)C(=O)N2CC[C@@]3(C2)OC(=O)Nc2ccc(Cl)cc23)cc1. The van der Waals surface area contributed by atoms with Crippen LogP contribution in [0.2, 0.25) is 5.02 Å². The van der Waals surface area contributed by atoms with Crippen LogP contribution in [0.15, 0.2) is 42.5 Å². The average Bonchev–Trinajstić information content (AvgIpc) is 3.27. The van der Waals surface area contributed by atoms with Crippen molar-refractivity contribution in [3.05, 3.63) is 58.6 Å². The van der Waals surface area contributed by atoms with Gasteiger partial charge in [-0.3, -0.25) is 25.0 Å². The molecule has 37 heavy (non-hydrogen) atoms. The fourth-order valence-electron chi connectivity index (χ4n) is 4.35. The average molecular weight is 531 g/mol. The molecule has 4 rings (SSSR count). The number of amides is 4. The third kappa shape index (κ3) is 5.59. The summed E-state index contributed by atoms with van der Waals surface area (Å²) in [6.45, 7) is 0.129. The lowest BCUT2D eigenvalue weighted by Crippen LogP contribution is -2.50. The van der Waals surface area contributed by atoms with Crippen LogP contribution in [0.5, 0.6) is 0 Å². The summed E-state index contributed by atoms with van der Waals surface area (Å²) in [6.07, 6.45) is -1.75. The molecule has 12 nitrogen and oxygen atoms in total. The molecule has 4 amide bonds. The molecule has 2 aliphatic heterocycles. The Hall–Kier alpha value is -4.32. The molecule has 0 unspecified atom stereocenters. The Bertz CT molecular complexity index is 1270. The smallest absolute Gasteiger partial charge is 0.412 e. The van der Waals surface area contributed by atoms with Gasteiger partial charge in [0.05, 0.1) is 25.8 Å². The Kier molecular flexibility index (Phi) is 7.21. The summed E-state index contributed by atoms with van der Waals surface area (Å²) < 4.78 is 10.1. The van der Waals surface area contributed by atoms with Gasteiger partial charge in [-0.1, -0.05) is 11.6 Å². The van der Waals surface area contributed by atoms with Crippen LogP contribution in [0, 0.1) is 0 Å². The summed E-state index contributed by atoms with van der Waals surface area (Å²) in [6, 6.07) is 9.27. The number of carbonyl (C=O) groups is 5. The predicted octanol–water partition coefficient (Wildman–Crippen LogP) is 2.78. The second-order valence-electron chi connectivity index (χ2n) is 8.53. The number of rotatable bonds is 6. The maximum absolute atomic E-state index is 13.3. The van der Waals surface area contributed by atoms with Crippen LogP contribution >= 0.6 is 11.6 Å². The monoisotopic (exact) mass is 530 g/mol. The Balaban J connectivity index is 1.50. The van der Waals surface area contributed by atoms with Crippen LogP contribution in [0.25, 0.3) is 0 Å². The molecule has 0 aromatic heterocycles. The van der Waals surface area contributed by atoms with E-state index >= 15 is 0 Å². The molecule has 1 spiro atoms. The van der Waals surface area contributed by atoms with E-state index in [1.54, 1.807) is 18.2 Å². The number of anilines is 2. The molecule has 2 aliphatic rings. The van der Waals surface area contributed by atoms with Gasteiger partial charge in [0.1, 0.15) is 6.04 Å². The van der Waals surface area contributed by atoms with Crippen molar-refractivity contribution in [2.75, 3.05) is 30.8 Å². The zero-order valence-corrected chi connectivity index (χ0v) is 20.3. The molecule has 2 atom stereocenters. The van der Waals surface area contributed by atoms with Gasteiger partial charge < -0.3 is 24.8 Å². The fourth-order valence-corrected chi connectivity index (χ4v) is 4.53. The first-order valence-corrected chi connectivity index (χ1v) is 11.5. The second kappa shape index (κ2) is 10.3. The number of carboxylic acid groups (broad SMARTS) is 1. The normalized spacial score (nSPS) is 18.8. The fraction of sp³-hybridized carbons (Fsp3) is 0.292. The predicted molar refractivity (Wildman–Crippen MR) is 130 cm³/mol. The standard InChI is InChI=1S/C24H23ClN4O8/c1-36-22(34)26-15-5-2-13(3-6-15)20(32)27-18(11-19(30)31)21(33)29-9-8-24(12-29)16-10-14(25)4-7-17(16)28-23(35)37-24/h2-7,10,18H,8-9,11-12H2,1H3,(H,26,34)(H,27,32)(H,28,35)(H,30,31)/t18-,24-/m0/s1. The minimum absolute atomic E-state index is 0.0352. The number of carbonyl (C=O) groups excluding carboxylic acids is 4. The lowest BCUT2D eigenvalue weighted by molar-refractivity contribution is -0.142. The van der Waals surface area contributed by atoms with E-state index in [0.717, 1.165) is 0 Å². The van der Waals surface area contributed by atoms with Gasteiger partial charge in [0.15, 0.2) is 5.60 Å². The van der Waals surface area contributed by atoms with Gasteiger partial charge in [-0.15, -0.1) is 0 Å². The Labute approximate surface area is 215 Å². The molecule has 1 fully saturated rings. The highest BCUT2D eigenvalue weighted by molar-refractivity contribution is 6.30. The molecule has 0 radical (unpaired) electrons. The Morgan fingerprint density at radius 2 is 1.95 bits per heavy atom. The van der Waals surface area contributed by atoms with E-state index in [0.29, 0.717) is 22.0 Å². The third-order valence-electron chi connectivity index (χ3n) is 6.10. The first-order valence-electron chi connectivity index (χ1n) is 11.2. The molecule has 4 N–H and O–H groups in total. The minimum atomic E-state index is -1.37. The first-order chi connectivity index (χ1) is 17.6. The largest absolute Gasteiger partial charge is 0.481 e. The van der Waals surface area contributed by atoms with Crippen molar-refractivity contribution in [2.45, 2.75) is 24.5 Å². The van der Waals surface area contributed by atoms with Crippen LogP contribution < -0.4 is 16.0 Å². The van der Waals surface area contributed by atoms with Crippen LogP contribution in [-0.2, 0) is 24.7 Å². The summed E-state index contributed by atoms with van der Waals surface area (Å²) in [5.41, 5.74) is 0.483. The van der Waals surface area contributed by atoms with E-state index in [1.807, 2.05) is 0 Å². The Morgan fingerprint density at radius 1 is 1.22 bits per heavy atom. The van der Waals surface area contributed by atoms with Crippen molar-refractivity contribution in [3.63, 3.8) is 0 Å². The lowest BCUT2D eigenvalue weighted by Gasteiger charge is -2.35. The highest BCUT2D eigenvalue weighted by atomic mass is 35.5. The molecule has 2 heterocycles. The summed E-state index contributed by atoms with van der Waals surface area (Å²) in [7, 11) is 1.21. The number of hydrogen-bond acceptors (Lipinski definition) is 7. The molecular formula is C24H23ClN4O8. The van der Waals surface area contributed by atoms with Crippen molar-refractivity contribution in [2.24, 2.45) is 0 Å². The van der Waals surface area contributed by atoms with Crippen molar-refractivity contribution >= 4 is 52.9 Å². The van der Waals surface area contributed by atoms with Crippen LogP contribution in [0.1, 0.15) is 28.8 Å². The minimum Gasteiger partial charge on any atom is -0.481 e. The summed E-state index contributed by atoms with van der Waals surface area (Å²) in [5.74, 6) is -2.59. The number of nitrogens with zero attached hydrogens (tertiary/aromatic N) is 1. The van der Waals surface area contributed by atoms with Gasteiger partial charge in [-0.05, 0) is 42.5 Å². The van der Waals surface area contributed by atoms with E-state index in [2.05, 4.69) is 20.7 Å². The van der Waals surface area contributed by atoms with Crippen LogP contribution in [-0.4, -0.2) is 66.2 Å². The quantitative estimate of drug-likeness (QED) is 0.443. The van der Waals surface area contributed by atoms with E-state index in [-0.39, 0.29) is 25.1 Å². The second-order valence-corrected chi connectivity index (χ2v) is 8.96. The number of likely N-dealkylation sites (tertiary alicyclic amines) is 1. The van der Waals surface area contributed by atoms with Gasteiger partial charge in [-0.2, -0.15) is 0 Å². The van der Waals surface area contributed by atoms with Crippen molar-refractivity contribution in [1.29, 1.82) is 0 Å². The number of fused-ring (bicyclic) bond motifs is 2. The highest BCUT2D eigenvalue weighted by Crippen LogP contribution is 2.43. The number of aliphatic carboxylic acids is 1. The molecule has 13 heteroatoms. The molecule has 2 aromatic carbocycles. The number of ether oxygens (including phenoxy) is 2. The summed E-state index contributed by atoms with van der Waals surface area (Å²) in [4.78, 5) is 62.5. The van der Waals surface area contributed by atoms with Crippen LogP contribution in [0.4, 0.5) is 21.0 Å². The molecule has 2 aromatic rings. The zero-order chi connectivity index (χ0) is 26.7. The maximum atomic E-state index is 13.3. The van der Waals surface area contributed by atoms with Crippen molar-refractivity contribution in [1.82, 2.24) is 10.2 Å². The van der Waals surface area contributed by atoms with E-state index in [9.17, 15) is 29.1 Å². The van der Waals surface area contributed by atoms with E-state index in [4.69, 9.17) is 16.3 Å². The van der Waals surface area contributed by atoms with E-state index in [1.165, 1.54) is 36.3 Å². The molecular weight excluding hydrogens is 508 g/mol. The van der Waals surface area contributed by atoms with Gasteiger partial charge >= 0.3 is 18.2 Å². The number of halogens is 1. The van der Waals surface area contributed by atoms with E-state index < -0.39 is 48.0 Å². The maximum Gasteiger partial charge on any atom is 0.412 e. The number of carboxylic acids is 1. The summed E-state index contributed by atoms with van der Waals surface area (Å²) >= 11 is 6.15.